The minimum atomic E-state index is -0.979. The van der Waals surface area contributed by atoms with Gasteiger partial charge in [-0.25, -0.2) is 0 Å². The number of Topliss-reactive ketones (excluding diaryl/α,β-unsaturated/α-hetero) is 1. The first-order chi connectivity index (χ1) is 20.2. The molecule has 11 heteroatoms. The van der Waals surface area contributed by atoms with Gasteiger partial charge in [-0.05, 0) is 63.6 Å². The summed E-state index contributed by atoms with van der Waals surface area (Å²) in [7, 11) is 1.57. The summed E-state index contributed by atoms with van der Waals surface area (Å²) in [6.45, 7) is 6.25. The van der Waals surface area contributed by atoms with Crippen LogP contribution in [0.5, 0.6) is 5.75 Å². The Morgan fingerprint density at radius 2 is 1.67 bits per heavy atom. The molecule has 0 saturated carbocycles. The molecule has 0 radical (unpaired) electrons. The maximum atomic E-state index is 13.7. The Morgan fingerprint density at radius 1 is 0.976 bits per heavy atom. The van der Waals surface area contributed by atoms with Crippen molar-refractivity contribution < 1.29 is 33.4 Å². The number of carbonyl (C=O) groups is 4. The molecule has 0 aromatic heterocycles. The lowest BCUT2D eigenvalue weighted by molar-refractivity contribution is -0.134. The van der Waals surface area contributed by atoms with E-state index in [2.05, 4.69) is 22.0 Å². The lowest BCUT2D eigenvalue weighted by Gasteiger charge is -2.27. The molecule has 2 heterocycles. The van der Waals surface area contributed by atoms with E-state index in [1.807, 2.05) is 17.0 Å². The van der Waals surface area contributed by atoms with Crippen molar-refractivity contribution in [3.05, 3.63) is 41.5 Å². The van der Waals surface area contributed by atoms with Crippen LogP contribution < -0.4 is 20.7 Å². The van der Waals surface area contributed by atoms with Gasteiger partial charge in [0.1, 0.15) is 23.4 Å². The monoisotopic (exact) mass is 584 g/mol. The van der Waals surface area contributed by atoms with Gasteiger partial charge in [0.2, 0.25) is 17.7 Å². The minimum absolute atomic E-state index is 0.164. The Labute approximate surface area is 247 Å². The van der Waals surface area contributed by atoms with Crippen LogP contribution in [0.2, 0.25) is 0 Å². The molecule has 230 valence electrons. The smallest absolute Gasteiger partial charge is 0.243 e. The second kappa shape index (κ2) is 14.8. The van der Waals surface area contributed by atoms with Crippen LogP contribution in [0.3, 0.4) is 0 Å². The highest BCUT2D eigenvalue weighted by molar-refractivity contribution is 5.98. The van der Waals surface area contributed by atoms with E-state index >= 15 is 0 Å². The molecule has 42 heavy (non-hydrogen) atoms. The predicted molar refractivity (Wildman–Crippen MR) is 156 cm³/mol. The van der Waals surface area contributed by atoms with Crippen molar-refractivity contribution in [3.8, 4) is 5.75 Å². The summed E-state index contributed by atoms with van der Waals surface area (Å²) < 4.78 is 16.0. The standard InChI is InChI=1S/C31H44N4O7/c1-21(32-27(36)19-35-13-15-41-16-14-35)29(38)34-26(18-23-9-11-24(40-3)12-10-23)30(39)33-25(28(37)31(2)20-42-31)17-22-7-5-4-6-8-22/h7,9-12,21,25-26H,4-6,8,13-20H2,1-3H3,(H,32,36)(H,33,39)(H,34,38). The van der Waals surface area contributed by atoms with Crippen LogP contribution in [-0.2, 0) is 35.1 Å². The van der Waals surface area contributed by atoms with Crippen molar-refractivity contribution in [2.75, 3.05) is 46.6 Å². The zero-order valence-corrected chi connectivity index (χ0v) is 24.9. The number of morpholine rings is 1. The highest BCUT2D eigenvalue weighted by Crippen LogP contribution is 2.31. The van der Waals surface area contributed by atoms with E-state index in [0.717, 1.165) is 36.8 Å². The summed E-state index contributed by atoms with van der Waals surface area (Å²) in [6, 6.07) is 4.61. The van der Waals surface area contributed by atoms with Gasteiger partial charge >= 0.3 is 0 Å². The Balaban J connectivity index is 1.45. The number of hydrogen-bond donors (Lipinski definition) is 3. The maximum Gasteiger partial charge on any atom is 0.243 e. The van der Waals surface area contributed by atoms with Gasteiger partial charge in [-0.15, -0.1) is 0 Å². The zero-order chi connectivity index (χ0) is 30.1. The van der Waals surface area contributed by atoms with Crippen molar-refractivity contribution >= 4 is 23.5 Å². The SMILES string of the molecule is COc1ccc(CC(NC(=O)C(C)NC(=O)CN2CCOCC2)C(=O)NC(CC2=CCCCC2)C(=O)C2(C)CO2)cc1. The third kappa shape index (κ3) is 9.11. The normalized spacial score (nSPS) is 22.6. The lowest BCUT2D eigenvalue weighted by Crippen LogP contribution is -2.57. The number of nitrogens with zero attached hydrogens (tertiary/aromatic N) is 1. The summed E-state index contributed by atoms with van der Waals surface area (Å²) >= 11 is 0. The van der Waals surface area contributed by atoms with Crippen molar-refractivity contribution in [2.45, 2.75) is 76.1 Å². The van der Waals surface area contributed by atoms with Crippen molar-refractivity contribution in [3.63, 3.8) is 0 Å². The molecule has 3 N–H and O–H groups in total. The van der Waals surface area contributed by atoms with E-state index in [-0.39, 0.29) is 24.7 Å². The van der Waals surface area contributed by atoms with Crippen LogP contribution in [0.4, 0.5) is 0 Å². The zero-order valence-electron chi connectivity index (χ0n) is 24.9. The number of methoxy groups -OCH3 is 1. The van der Waals surface area contributed by atoms with Crippen LogP contribution in [0, 0.1) is 0 Å². The van der Waals surface area contributed by atoms with Crippen LogP contribution >= 0.6 is 0 Å². The quantitative estimate of drug-likeness (QED) is 0.220. The van der Waals surface area contributed by atoms with E-state index in [9.17, 15) is 19.2 Å². The van der Waals surface area contributed by atoms with Gasteiger partial charge in [0.25, 0.3) is 0 Å². The van der Waals surface area contributed by atoms with Crippen LogP contribution in [0.25, 0.3) is 0 Å². The number of carbonyl (C=O) groups excluding carboxylic acids is 4. The van der Waals surface area contributed by atoms with Gasteiger partial charge < -0.3 is 30.2 Å². The van der Waals surface area contributed by atoms with E-state index < -0.39 is 35.5 Å². The largest absolute Gasteiger partial charge is 0.497 e. The Hall–Kier alpha value is -3.28. The number of ketones is 1. The lowest BCUT2D eigenvalue weighted by atomic mass is 9.89. The molecule has 4 rings (SSSR count). The molecule has 3 aliphatic rings. The van der Waals surface area contributed by atoms with Crippen LogP contribution in [-0.4, -0.2) is 98.7 Å². The molecular weight excluding hydrogens is 540 g/mol. The van der Waals surface area contributed by atoms with Crippen LogP contribution in [0.1, 0.15) is 51.5 Å². The fourth-order valence-electron chi connectivity index (χ4n) is 5.27. The Kier molecular flexibility index (Phi) is 11.1. The van der Waals surface area contributed by atoms with Crippen molar-refractivity contribution in [2.24, 2.45) is 0 Å². The van der Waals surface area contributed by atoms with Crippen molar-refractivity contribution in [1.82, 2.24) is 20.9 Å². The third-order valence-electron chi connectivity index (χ3n) is 8.06. The van der Waals surface area contributed by atoms with Crippen molar-refractivity contribution in [1.29, 1.82) is 0 Å². The van der Waals surface area contributed by atoms with Gasteiger partial charge in [-0.3, -0.25) is 24.1 Å². The summed E-state index contributed by atoms with van der Waals surface area (Å²) in [6.07, 6.45) is 6.79. The van der Waals surface area contributed by atoms with E-state index in [1.54, 1.807) is 33.1 Å². The predicted octanol–water partition coefficient (Wildman–Crippen LogP) is 1.29. The second-order valence-corrected chi connectivity index (χ2v) is 11.5. The average Bonchev–Trinajstić information content (AvgIpc) is 3.75. The number of ether oxygens (including phenoxy) is 3. The minimum Gasteiger partial charge on any atom is -0.497 e. The summed E-state index contributed by atoms with van der Waals surface area (Å²) in [5, 5.41) is 8.49. The molecule has 0 spiro atoms. The first-order valence-corrected chi connectivity index (χ1v) is 14.9. The number of nitrogens with one attached hydrogen (secondary N) is 3. The third-order valence-corrected chi connectivity index (χ3v) is 8.06. The number of rotatable bonds is 14. The number of epoxide rings is 1. The fourth-order valence-corrected chi connectivity index (χ4v) is 5.27. The molecule has 1 aliphatic carbocycles. The summed E-state index contributed by atoms with van der Waals surface area (Å²) in [4.78, 5) is 54.9. The molecule has 2 saturated heterocycles. The van der Waals surface area contributed by atoms with E-state index in [4.69, 9.17) is 14.2 Å². The molecule has 0 bridgehead atoms. The Morgan fingerprint density at radius 3 is 2.29 bits per heavy atom. The fraction of sp³-hybridized carbons (Fsp3) is 0.613. The summed E-state index contributed by atoms with van der Waals surface area (Å²) in [5.41, 5.74) is 1.05. The molecule has 4 unspecified atom stereocenters. The molecule has 11 nitrogen and oxygen atoms in total. The molecular formula is C31H44N4O7. The second-order valence-electron chi connectivity index (χ2n) is 11.5. The first-order valence-electron chi connectivity index (χ1n) is 14.9. The maximum absolute atomic E-state index is 13.7. The molecule has 1 aromatic rings. The van der Waals surface area contributed by atoms with Crippen LogP contribution in [0.15, 0.2) is 35.9 Å². The van der Waals surface area contributed by atoms with Gasteiger partial charge in [-0.2, -0.15) is 0 Å². The highest BCUT2D eigenvalue weighted by Gasteiger charge is 2.50. The number of amides is 3. The Bertz CT molecular complexity index is 1140. The van der Waals surface area contributed by atoms with E-state index in [1.165, 1.54) is 0 Å². The van der Waals surface area contributed by atoms with Gasteiger partial charge in [0.05, 0.1) is 39.5 Å². The molecule has 2 fully saturated rings. The molecule has 4 atom stereocenters. The molecule has 3 amide bonds. The average molecular weight is 585 g/mol. The number of allylic oxidation sites excluding steroid dienone is 1. The summed E-state index contributed by atoms with van der Waals surface area (Å²) in [5.74, 6) is -0.732. The van der Waals surface area contributed by atoms with Gasteiger partial charge in [0, 0.05) is 19.5 Å². The van der Waals surface area contributed by atoms with Gasteiger partial charge in [-0.1, -0.05) is 23.8 Å². The highest BCUT2D eigenvalue weighted by atomic mass is 16.6. The topological polar surface area (TPSA) is 139 Å². The first kappa shape index (κ1) is 31.7. The number of hydrogen-bond acceptors (Lipinski definition) is 8. The molecule has 1 aromatic carbocycles. The molecule has 2 aliphatic heterocycles. The van der Waals surface area contributed by atoms with E-state index in [0.29, 0.717) is 45.1 Å². The van der Waals surface area contributed by atoms with Gasteiger partial charge in [0.15, 0.2) is 5.78 Å². The number of benzene rings is 1.